The molecule has 2 aromatic carbocycles. The summed E-state index contributed by atoms with van der Waals surface area (Å²) in [6.07, 6.45) is 1.88. The normalized spacial score (nSPS) is 12.8. The molecule has 0 aliphatic heterocycles. The second-order valence-corrected chi connectivity index (χ2v) is 6.93. The molecule has 2 aromatic rings. The van der Waals surface area contributed by atoms with E-state index in [-0.39, 0.29) is 22.3 Å². The molecule has 0 aliphatic carbocycles. The monoisotopic (exact) mass is 336 g/mol. The topological polar surface area (TPSA) is 83.8 Å². The molecule has 0 aliphatic rings. The van der Waals surface area contributed by atoms with Crippen LogP contribution in [-0.4, -0.2) is 18.6 Å². The van der Waals surface area contributed by atoms with E-state index in [1.807, 2.05) is 19.1 Å². The second-order valence-electron chi connectivity index (χ2n) is 5.42. The first-order chi connectivity index (χ1) is 10.8. The van der Waals surface area contributed by atoms with Gasteiger partial charge in [0.15, 0.2) is 0 Å². The first kappa shape index (κ1) is 17.1. The van der Waals surface area contributed by atoms with Gasteiger partial charge in [-0.2, -0.15) is 8.42 Å². The molecule has 23 heavy (non-hydrogen) atoms. The molecule has 0 saturated heterocycles. The summed E-state index contributed by atoms with van der Waals surface area (Å²) in [4.78, 5) is -0.381. The highest BCUT2D eigenvalue weighted by Crippen LogP contribution is 2.33. The van der Waals surface area contributed by atoms with Crippen molar-refractivity contribution in [2.75, 3.05) is 0 Å². The van der Waals surface area contributed by atoms with Crippen LogP contribution in [0.1, 0.15) is 38.2 Å². The van der Waals surface area contributed by atoms with Crippen molar-refractivity contribution >= 4 is 10.1 Å². The molecule has 0 fully saturated rings. The lowest BCUT2D eigenvalue weighted by Crippen LogP contribution is -2.12. The smallest absolute Gasteiger partial charge is 0.342 e. The van der Waals surface area contributed by atoms with Crippen molar-refractivity contribution in [2.24, 2.45) is 0 Å². The minimum atomic E-state index is -4.19. The summed E-state index contributed by atoms with van der Waals surface area (Å²) >= 11 is 0. The fourth-order valence-electron chi connectivity index (χ4n) is 2.43. The molecule has 2 rings (SSSR count). The third kappa shape index (κ3) is 3.96. The maximum Gasteiger partial charge on any atom is 0.342 e. The molecule has 0 bridgehead atoms. The van der Waals surface area contributed by atoms with E-state index >= 15 is 0 Å². The van der Waals surface area contributed by atoms with Crippen molar-refractivity contribution in [3.8, 4) is 17.2 Å². The van der Waals surface area contributed by atoms with E-state index in [4.69, 9.17) is 4.18 Å². The standard InChI is InChI=1S/C17H20O5S/c1-3-6-12(2)14-7-4-5-8-16(14)22-23(20,21)17-10-9-13(18)11-15(17)19/h4-5,7-12,18-19H,3,6H2,1-2H3. The molecule has 1 unspecified atom stereocenters. The summed E-state index contributed by atoms with van der Waals surface area (Å²) in [6, 6.07) is 10.2. The molecule has 2 N–H and O–H groups in total. The summed E-state index contributed by atoms with van der Waals surface area (Å²) < 4.78 is 30.0. The van der Waals surface area contributed by atoms with Gasteiger partial charge in [-0.3, -0.25) is 0 Å². The Labute approximate surface area is 136 Å². The van der Waals surface area contributed by atoms with Crippen molar-refractivity contribution in [2.45, 2.75) is 37.5 Å². The predicted molar refractivity (Wildman–Crippen MR) is 87.4 cm³/mol. The summed E-state index contributed by atoms with van der Waals surface area (Å²) in [5.74, 6) is -0.372. The largest absolute Gasteiger partial charge is 0.508 e. The van der Waals surface area contributed by atoms with Crippen LogP contribution in [0.5, 0.6) is 17.2 Å². The lowest BCUT2D eigenvalue weighted by atomic mass is 9.96. The minimum Gasteiger partial charge on any atom is -0.508 e. The van der Waals surface area contributed by atoms with Crippen LogP contribution in [0, 0.1) is 0 Å². The van der Waals surface area contributed by atoms with Crippen LogP contribution < -0.4 is 4.18 Å². The van der Waals surface area contributed by atoms with Crippen LogP contribution in [-0.2, 0) is 10.1 Å². The van der Waals surface area contributed by atoms with Gasteiger partial charge in [-0.1, -0.05) is 38.5 Å². The number of phenols is 2. The Morgan fingerprint density at radius 1 is 1.13 bits per heavy atom. The molecule has 0 aromatic heterocycles. The molecule has 1 atom stereocenters. The van der Waals surface area contributed by atoms with E-state index in [9.17, 15) is 18.6 Å². The molecule has 6 heteroatoms. The van der Waals surface area contributed by atoms with Crippen LogP contribution in [0.2, 0.25) is 0 Å². The summed E-state index contributed by atoms with van der Waals surface area (Å²) in [6.45, 7) is 4.07. The van der Waals surface area contributed by atoms with Gasteiger partial charge in [0.2, 0.25) is 0 Å². The minimum absolute atomic E-state index is 0.153. The molecule has 5 nitrogen and oxygen atoms in total. The summed E-state index contributed by atoms with van der Waals surface area (Å²) in [5, 5.41) is 19.0. The maximum atomic E-state index is 12.4. The Hall–Kier alpha value is -2.21. The molecule has 0 heterocycles. The van der Waals surface area contributed by atoms with Crippen molar-refractivity contribution in [3.63, 3.8) is 0 Å². The molecule has 0 radical (unpaired) electrons. The first-order valence-corrected chi connectivity index (χ1v) is 8.81. The van der Waals surface area contributed by atoms with Crippen molar-refractivity contribution in [3.05, 3.63) is 48.0 Å². The van der Waals surface area contributed by atoms with E-state index in [0.29, 0.717) is 0 Å². The Balaban J connectivity index is 2.38. The predicted octanol–water partition coefficient (Wildman–Crippen LogP) is 3.77. The van der Waals surface area contributed by atoms with Crippen LogP contribution in [0.3, 0.4) is 0 Å². The number of rotatable bonds is 6. The molecular weight excluding hydrogens is 316 g/mol. The SMILES string of the molecule is CCCC(C)c1ccccc1OS(=O)(=O)c1ccc(O)cc1O. The van der Waals surface area contributed by atoms with Gasteiger partial charge in [-0.25, -0.2) is 0 Å². The quantitative estimate of drug-likeness (QED) is 0.785. The van der Waals surface area contributed by atoms with Crippen molar-refractivity contribution in [1.29, 1.82) is 0 Å². The molecule has 124 valence electrons. The van der Waals surface area contributed by atoms with E-state index in [0.717, 1.165) is 30.5 Å². The first-order valence-electron chi connectivity index (χ1n) is 7.40. The zero-order valence-corrected chi connectivity index (χ0v) is 13.9. The van der Waals surface area contributed by atoms with Crippen LogP contribution in [0.15, 0.2) is 47.4 Å². The molecular formula is C17H20O5S. The molecule has 0 saturated carbocycles. The number of aromatic hydroxyl groups is 2. The Morgan fingerprint density at radius 3 is 2.48 bits per heavy atom. The second kappa shape index (κ2) is 6.91. The van der Waals surface area contributed by atoms with Gasteiger partial charge in [-0.05, 0) is 36.1 Å². The van der Waals surface area contributed by atoms with Gasteiger partial charge < -0.3 is 14.4 Å². The maximum absolute atomic E-state index is 12.4. The van der Waals surface area contributed by atoms with Crippen LogP contribution >= 0.6 is 0 Å². The average Bonchev–Trinajstić information content (AvgIpc) is 2.47. The van der Waals surface area contributed by atoms with Crippen LogP contribution in [0.25, 0.3) is 0 Å². The number of hydrogen-bond donors (Lipinski definition) is 2. The fourth-order valence-corrected chi connectivity index (χ4v) is 3.46. The van der Waals surface area contributed by atoms with Gasteiger partial charge in [0, 0.05) is 6.07 Å². The van der Waals surface area contributed by atoms with Crippen LogP contribution in [0.4, 0.5) is 0 Å². The third-order valence-corrected chi connectivity index (χ3v) is 4.87. The van der Waals surface area contributed by atoms with E-state index < -0.39 is 15.9 Å². The van der Waals surface area contributed by atoms with E-state index in [1.54, 1.807) is 12.1 Å². The average molecular weight is 336 g/mol. The Bertz CT molecular complexity index is 783. The van der Waals surface area contributed by atoms with E-state index in [2.05, 4.69) is 6.92 Å². The zero-order chi connectivity index (χ0) is 17.0. The third-order valence-electron chi connectivity index (χ3n) is 3.58. The van der Waals surface area contributed by atoms with Gasteiger partial charge in [0.1, 0.15) is 22.1 Å². The van der Waals surface area contributed by atoms with Crippen molar-refractivity contribution in [1.82, 2.24) is 0 Å². The highest BCUT2D eigenvalue weighted by molar-refractivity contribution is 7.87. The van der Waals surface area contributed by atoms with Gasteiger partial charge in [-0.15, -0.1) is 0 Å². The summed E-state index contributed by atoms with van der Waals surface area (Å²) in [7, 11) is -4.19. The highest BCUT2D eigenvalue weighted by Gasteiger charge is 2.23. The number of hydrogen-bond acceptors (Lipinski definition) is 5. The molecule has 0 amide bonds. The van der Waals surface area contributed by atoms with Gasteiger partial charge in [0.05, 0.1) is 0 Å². The summed E-state index contributed by atoms with van der Waals surface area (Å²) in [5.41, 5.74) is 0.802. The number of phenolic OH excluding ortho intramolecular Hbond substituents is 2. The lowest BCUT2D eigenvalue weighted by molar-refractivity contribution is 0.431. The van der Waals surface area contributed by atoms with Crippen molar-refractivity contribution < 1.29 is 22.8 Å². The fraction of sp³-hybridized carbons (Fsp3) is 0.294. The Morgan fingerprint density at radius 2 is 1.83 bits per heavy atom. The highest BCUT2D eigenvalue weighted by atomic mass is 32.2. The Kier molecular flexibility index (Phi) is 5.15. The van der Waals surface area contributed by atoms with Gasteiger partial charge >= 0.3 is 10.1 Å². The van der Waals surface area contributed by atoms with Gasteiger partial charge in [0.25, 0.3) is 0 Å². The zero-order valence-electron chi connectivity index (χ0n) is 13.1. The van der Waals surface area contributed by atoms with E-state index in [1.165, 1.54) is 6.07 Å². The lowest BCUT2D eigenvalue weighted by Gasteiger charge is -2.16. The molecule has 0 spiro atoms. The number of para-hydroxylation sites is 1. The number of benzene rings is 2.